The predicted molar refractivity (Wildman–Crippen MR) is 49.4 cm³/mol. The normalized spacial score (nSPS) is 9.69. The molecule has 0 saturated carbocycles. The van der Waals surface area contributed by atoms with Gasteiger partial charge in [0.25, 0.3) is 5.91 Å². The third kappa shape index (κ3) is 1.93. The standard InChI is InChI=1S/C10H11NO2/c1-6-3-4-8(5-7(6)2)9(12)10(11)13/h3-5H,1-2H3,(H2,11,13). The Bertz CT molecular complexity index is 369. The molecule has 2 N–H and O–H groups in total. The van der Waals surface area contributed by atoms with E-state index in [0.717, 1.165) is 11.1 Å². The van der Waals surface area contributed by atoms with Crippen LogP contribution in [-0.2, 0) is 4.79 Å². The molecule has 13 heavy (non-hydrogen) atoms. The molecule has 0 heterocycles. The number of carbonyl (C=O) groups is 2. The van der Waals surface area contributed by atoms with Gasteiger partial charge in [-0.25, -0.2) is 0 Å². The topological polar surface area (TPSA) is 60.2 Å². The first-order chi connectivity index (χ1) is 6.02. The molecule has 1 amide bonds. The summed E-state index contributed by atoms with van der Waals surface area (Å²) in [7, 11) is 0. The number of Topliss-reactive ketones (excluding diaryl/α,β-unsaturated/α-hetero) is 1. The quantitative estimate of drug-likeness (QED) is 0.540. The Morgan fingerprint density at radius 2 is 1.77 bits per heavy atom. The van der Waals surface area contributed by atoms with Crippen molar-refractivity contribution >= 4 is 11.7 Å². The first kappa shape index (κ1) is 9.45. The van der Waals surface area contributed by atoms with E-state index < -0.39 is 11.7 Å². The highest BCUT2D eigenvalue weighted by atomic mass is 16.2. The van der Waals surface area contributed by atoms with Gasteiger partial charge in [-0.05, 0) is 31.0 Å². The molecular formula is C10H11NO2. The summed E-state index contributed by atoms with van der Waals surface area (Å²) in [6.45, 7) is 3.82. The molecule has 0 aromatic heterocycles. The van der Waals surface area contributed by atoms with Crippen molar-refractivity contribution in [2.45, 2.75) is 13.8 Å². The number of aryl methyl sites for hydroxylation is 2. The van der Waals surface area contributed by atoms with Crippen molar-refractivity contribution < 1.29 is 9.59 Å². The van der Waals surface area contributed by atoms with E-state index >= 15 is 0 Å². The molecular weight excluding hydrogens is 166 g/mol. The third-order valence-electron chi connectivity index (χ3n) is 1.99. The number of hydrogen-bond acceptors (Lipinski definition) is 2. The fraction of sp³-hybridized carbons (Fsp3) is 0.200. The van der Waals surface area contributed by atoms with Crippen LogP contribution in [-0.4, -0.2) is 11.7 Å². The van der Waals surface area contributed by atoms with Crippen molar-refractivity contribution in [2.75, 3.05) is 0 Å². The Balaban J connectivity index is 3.11. The predicted octanol–water partition coefficient (Wildman–Crippen LogP) is 0.971. The molecule has 1 aromatic rings. The highest BCUT2D eigenvalue weighted by Crippen LogP contribution is 2.09. The zero-order valence-corrected chi connectivity index (χ0v) is 7.63. The monoisotopic (exact) mass is 177 g/mol. The van der Waals surface area contributed by atoms with Gasteiger partial charge in [-0.2, -0.15) is 0 Å². The minimum absolute atomic E-state index is 0.357. The summed E-state index contributed by atoms with van der Waals surface area (Å²) < 4.78 is 0. The fourth-order valence-electron chi connectivity index (χ4n) is 1.02. The Morgan fingerprint density at radius 1 is 1.15 bits per heavy atom. The van der Waals surface area contributed by atoms with E-state index in [-0.39, 0.29) is 0 Å². The zero-order valence-electron chi connectivity index (χ0n) is 7.63. The second-order valence-electron chi connectivity index (χ2n) is 2.99. The summed E-state index contributed by atoms with van der Waals surface area (Å²) >= 11 is 0. The number of rotatable bonds is 2. The Morgan fingerprint density at radius 3 is 2.23 bits per heavy atom. The number of carbonyl (C=O) groups excluding carboxylic acids is 2. The number of nitrogens with two attached hydrogens (primary N) is 1. The molecule has 0 fully saturated rings. The average molecular weight is 177 g/mol. The Kier molecular flexibility index (Phi) is 2.46. The molecule has 0 aliphatic heterocycles. The molecule has 68 valence electrons. The molecule has 0 saturated heterocycles. The number of hydrogen-bond donors (Lipinski definition) is 1. The van der Waals surface area contributed by atoms with Crippen LogP contribution in [0.2, 0.25) is 0 Å². The number of primary amides is 1. The van der Waals surface area contributed by atoms with Crippen LogP contribution in [0.5, 0.6) is 0 Å². The van der Waals surface area contributed by atoms with Gasteiger partial charge in [-0.15, -0.1) is 0 Å². The summed E-state index contributed by atoms with van der Waals surface area (Å²) in [6.07, 6.45) is 0. The van der Waals surface area contributed by atoms with E-state index in [1.165, 1.54) is 0 Å². The summed E-state index contributed by atoms with van der Waals surface area (Å²) in [6, 6.07) is 5.07. The number of ketones is 1. The molecule has 0 aliphatic rings. The molecule has 0 radical (unpaired) electrons. The first-order valence-corrected chi connectivity index (χ1v) is 3.93. The molecule has 0 aliphatic carbocycles. The summed E-state index contributed by atoms with van der Waals surface area (Å²) in [5, 5.41) is 0. The summed E-state index contributed by atoms with van der Waals surface area (Å²) in [5.74, 6) is -1.55. The maximum absolute atomic E-state index is 11.1. The first-order valence-electron chi connectivity index (χ1n) is 3.93. The second kappa shape index (κ2) is 3.39. The lowest BCUT2D eigenvalue weighted by atomic mass is 10.0. The lowest BCUT2D eigenvalue weighted by Crippen LogP contribution is -2.23. The van der Waals surface area contributed by atoms with Crippen LogP contribution < -0.4 is 5.73 Å². The van der Waals surface area contributed by atoms with Gasteiger partial charge in [0.1, 0.15) is 0 Å². The average Bonchev–Trinajstić information content (AvgIpc) is 2.08. The van der Waals surface area contributed by atoms with Gasteiger partial charge in [-0.1, -0.05) is 12.1 Å². The summed E-state index contributed by atoms with van der Waals surface area (Å²) in [4.78, 5) is 21.7. The molecule has 0 atom stereocenters. The minimum atomic E-state index is -0.914. The largest absolute Gasteiger partial charge is 0.363 e. The van der Waals surface area contributed by atoms with Crippen molar-refractivity contribution in [3.05, 3.63) is 34.9 Å². The van der Waals surface area contributed by atoms with Gasteiger partial charge < -0.3 is 5.73 Å². The molecule has 1 rings (SSSR count). The maximum atomic E-state index is 11.1. The minimum Gasteiger partial charge on any atom is -0.363 e. The zero-order chi connectivity index (χ0) is 10.0. The van der Waals surface area contributed by atoms with Crippen LogP contribution in [0.15, 0.2) is 18.2 Å². The highest BCUT2D eigenvalue weighted by molar-refractivity contribution is 6.42. The van der Waals surface area contributed by atoms with Gasteiger partial charge in [0.05, 0.1) is 0 Å². The van der Waals surface area contributed by atoms with Crippen LogP contribution in [0, 0.1) is 13.8 Å². The van der Waals surface area contributed by atoms with Gasteiger partial charge >= 0.3 is 0 Å². The van der Waals surface area contributed by atoms with Gasteiger partial charge in [-0.3, -0.25) is 9.59 Å². The van der Waals surface area contributed by atoms with Crippen LogP contribution >= 0.6 is 0 Å². The highest BCUT2D eigenvalue weighted by Gasteiger charge is 2.11. The van der Waals surface area contributed by atoms with Crippen molar-refractivity contribution in [1.82, 2.24) is 0 Å². The molecule has 0 spiro atoms. The SMILES string of the molecule is Cc1ccc(C(=O)C(N)=O)cc1C. The van der Waals surface area contributed by atoms with Crippen LogP contribution in [0.3, 0.4) is 0 Å². The molecule has 3 heteroatoms. The van der Waals surface area contributed by atoms with E-state index in [2.05, 4.69) is 0 Å². The van der Waals surface area contributed by atoms with Crippen LogP contribution in [0.25, 0.3) is 0 Å². The number of amides is 1. The van der Waals surface area contributed by atoms with Crippen LogP contribution in [0.4, 0.5) is 0 Å². The maximum Gasteiger partial charge on any atom is 0.289 e. The van der Waals surface area contributed by atoms with E-state index in [4.69, 9.17) is 5.73 Å². The van der Waals surface area contributed by atoms with Gasteiger partial charge in [0.2, 0.25) is 5.78 Å². The molecule has 3 nitrogen and oxygen atoms in total. The second-order valence-corrected chi connectivity index (χ2v) is 2.99. The molecule has 1 aromatic carbocycles. The number of benzene rings is 1. The van der Waals surface area contributed by atoms with Gasteiger partial charge in [0.15, 0.2) is 0 Å². The van der Waals surface area contributed by atoms with E-state index in [0.29, 0.717) is 5.56 Å². The molecule has 0 unspecified atom stereocenters. The van der Waals surface area contributed by atoms with Gasteiger partial charge in [0, 0.05) is 5.56 Å². The van der Waals surface area contributed by atoms with Crippen molar-refractivity contribution in [3.8, 4) is 0 Å². The molecule has 0 bridgehead atoms. The Hall–Kier alpha value is -1.64. The fourth-order valence-corrected chi connectivity index (χ4v) is 1.02. The van der Waals surface area contributed by atoms with E-state index in [1.54, 1.807) is 18.2 Å². The van der Waals surface area contributed by atoms with E-state index in [1.807, 2.05) is 13.8 Å². The van der Waals surface area contributed by atoms with Crippen molar-refractivity contribution in [3.63, 3.8) is 0 Å². The van der Waals surface area contributed by atoms with E-state index in [9.17, 15) is 9.59 Å². The Labute approximate surface area is 76.6 Å². The van der Waals surface area contributed by atoms with Crippen molar-refractivity contribution in [1.29, 1.82) is 0 Å². The van der Waals surface area contributed by atoms with Crippen LogP contribution in [0.1, 0.15) is 21.5 Å². The summed E-state index contributed by atoms with van der Waals surface area (Å²) in [5.41, 5.74) is 7.29. The lowest BCUT2D eigenvalue weighted by Gasteiger charge is -2.01. The van der Waals surface area contributed by atoms with Crippen molar-refractivity contribution in [2.24, 2.45) is 5.73 Å². The lowest BCUT2D eigenvalue weighted by molar-refractivity contribution is -0.114. The third-order valence-corrected chi connectivity index (χ3v) is 1.99. The smallest absolute Gasteiger partial charge is 0.289 e.